The molecule has 154 valence electrons. The van der Waals surface area contributed by atoms with Gasteiger partial charge in [0, 0.05) is 52.4 Å². The van der Waals surface area contributed by atoms with Crippen LogP contribution in [0.4, 0.5) is 0 Å². The molecular formula is C20H29N3O5. The highest BCUT2D eigenvalue weighted by Gasteiger charge is 2.33. The van der Waals surface area contributed by atoms with Crippen molar-refractivity contribution in [3.63, 3.8) is 0 Å². The standard InChI is InChI=1S/C20H29N3O5/c24-16(14-22-9-11-26-12-10-22)13-21-5-7-23(8-6-21)20(25)19-15-27-17-3-1-2-4-18(17)28-19/h1-4,16,19,24H,5-15H2/t16-,19+/m1/s1. The third-order valence-electron chi connectivity index (χ3n) is 5.51. The monoisotopic (exact) mass is 391 g/mol. The Morgan fingerprint density at radius 1 is 1.00 bits per heavy atom. The van der Waals surface area contributed by atoms with E-state index in [-0.39, 0.29) is 18.6 Å². The zero-order valence-corrected chi connectivity index (χ0v) is 16.2. The van der Waals surface area contributed by atoms with Crippen molar-refractivity contribution in [1.82, 2.24) is 14.7 Å². The fraction of sp³-hybridized carbons (Fsp3) is 0.650. The summed E-state index contributed by atoms with van der Waals surface area (Å²) < 4.78 is 16.8. The molecule has 3 heterocycles. The number of benzene rings is 1. The molecule has 0 aliphatic carbocycles. The Kier molecular flexibility index (Phi) is 6.31. The molecule has 1 amide bonds. The van der Waals surface area contributed by atoms with E-state index in [1.807, 2.05) is 29.2 Å². The summed E-state index contributed by atoms with van der Waals surface area (Å²) in [6, 6.07) is 7.42. The fourth-order valence-corrected chi connectivity index (χ4v) is 3.93. The first-order chi connectivity index (χ1) is 13.7. The van der Waals surface area contributed by atoms with Gasteiger partial charge in [-0.15, -0.1) is 0 Å². The van der Waals surface area contributed by atoms with Crippen molar-refractivity contribution in [3.05, 3.63) is 24.3 Å². The number of morpholine rings is 1. The number of fused-ring (bicyclic) bond motifs is 1. The molecule has 1 aromatic carbocycles. The molecule has 2 saturated heterocycles. The summed E-state index contributed by atoms with van der Waals surface area (Å²) in [6.45, 7) is 7.61. The van der Waals surface area contributed by atoms with Crippen LogP contribution in [0, 0.1) is 0 Å². The van der Waals surface area contributed by atoms with Gasteiger partial charge >= 0.3 is 0 Å². The largest absolute Gasteiger partial charge is 0.485 e. The van der Waals surface area contributed by atoms with Crippen molar-refractivity contribution in [2.75, 3.05) is 72.2 Å². The van der Waals surface area contributed by atoms with Crippen LogP contribution in [0.2, 0.25) is 0 Å². The van der Waals surface area contributed by atoms with Gasteiger partial charge in [0.2, 0.25) is 6.10 Å². The van der Waals surface area contributed by atoms with Gasteiger partial charge in [-0.1, -0.05) is 12.1 Å². The van der Waals surface area contributed by atoms with Crippen LogP contribution in [0.3, 0.4) is 0 Å². The molecule has 8 nitrogen and oxygen atoms in total. The minimum Gasteiger partial charge on any atom is -0.485 e. The van der Waals surface area contributed by atoms with Crippen LogP contribution in [0.5, 0.6) is 11.5 Å². The average Bonchev–Trinajstić information content (AvgIpc) is 2.74. The molecule has 0 spiro atoms. The first-order valence-electron chi connectivity index (χ1n) is 10.1. The Hall–Kier alpha value is -1.87. The van der Waals surface area contributed by atoms with Crippen molar-refractivity contribution in [3.8, 4) is 11.5 Å². The zero-order chi connectivity index (χ0) is 19.3. The Morgan fingerprint density at radius 2 is 1.64 bits per heavy atom. The van der Waals surface area contributed by atoms with Gasteiger partial charge in [0.1, 0.15) is 6.61 Å². The van der Waals surface area contributed by atoms with E-state index in [2.05, 4.69) is 9.80 Å². The van der Waals surface area contributed by atoms with E-state index in [1.165, 1.54) is 0 Å². The Labute approximate surface area is 165 Å². The van der Waals surface area contributed by atoms with Gasteiger partial charge in [0.25, 0.3) is 5.91 Å². The number of aliphatic hydroxyl groups is 1. The normalized spacial score (nSPS) is 24.8. The number of carbonyl (C=O) groups is 1. The average molecular weight is 391 g/mol. The molecule has 0 saturated carbocycles. The summed E-state index contributed by atoms with van der Waals surface area (Å²) in [6.07, 6.45) is -0.972. The number of piperazine rings is 1. The van der Waals surface area contributed by atoms with E-state index in [0.29, 0.717) is 37.7 Å². The number of para-hydroxylation sites is 2. The van der Waals surface area contributed by atoms with Gasteiger partial charge in [-0.2, -0.15) is 0 Å². The van der Waals surface area contributed by atoms with Crippen molar-refractivity contribution in [2.24, 2.45) is 0 Å². The molecule has 1 aromatic rings. The van der Waals surface area contributed by atoms with Crippen LogP contribution < -0.4 is 9.47 Å². The summed E-state index contributed by atoms with van der Waals surface area (Å²) in [4.78, 5) is 19.1. The summed E-state index contributed by atoms with van der Waals surface area (Å²) >= 11 is 0. The van der Waals surface area contributed by atoms with Crippen LogP contribution >= 0.6 is 0 Å². The van der Waals surface area contributed by atoms with Crippen LogP contribution in [0.1, 0.15) is 0 Å². The smallest absolute Gasteiger partial charge is 0.267 e. The maximum atomic E-state index is 12.8. The number of hydrogen-bond acceptors (Lipinski definition) is 7. The molecule has 3 aliphatic rings. The topological polar surface area (TPSA) is 74.7 Å². The molecule has 0 aromatic heterocycles. The van der Waals surface area contributed by atoms with Crippen LogP contribution in [0.25, 0.3) is 0 Å². The molecule has 3 aliphatic heterocycles. The molecule has 2 fully saturated rings. The predicted octanol–water partition coefficient (Wildman–Crippen LogP) is -0.336. The molecule has 0 bridgehead atoms. The fourth-order valence-electron chi connectivity index (χ4n) is 3.93. The second-order valence-electron chi connectivity index (χ2n) is 7.56. The lowest BCUT2D eigenvalue weighted by Crippen LogP contribution is -2.55. The Morgan fingerprint density at radius 3 is 2.36 bits per heavy atom. The number of nitrogens with zero attached hydrogens (tertiary/aromatic N) is 3. The molecule has 2 atom stereocenters. The van der Waals surface area contributed by atoms with E-state index in [0.717, 1.165) is 39.4 Å². The van der Waals surface area contributed by atoms with Crippen molar-refractivity contribution < 1.29 is 24.1 Å². The lowest BCUT2D eigenvalue weighted by atomic mass is 10.2. The number of rotatable bonds is 5. The zero-order valence-electron chi connectivity index (χ0n) is 16.2. The Bertz CT molecular complexity index is 659. The van der Waals surface area contributed by atoms with E-state index < -0.39 is 6.10 Å². The second kappa shape index (κ2) is 9.09. The number of ether oxygens (including phenoxy) is 3. The van der Waals surface area contributed by atoms with Gasteiger partial charge in [-0.25, -0.2) is 0 Å². The molecule has 8 heteroatoms. The highest BCUT2D eigenvalue weighted by Crippen LogP contribution is 2.31. The lowest BCUT2D eigenvalue weighted by molar-refractivity contribution is -0.143. The quantitative estimate of drug-likeness (QED) is 0.736. The highest BCUT2D eigenvalue weighted by atomic mass is 16.6. The van der Waals surface area contributed by atoms with Crippen LogP contribution in [0.15, 0.2) is 24.3 Å². The lowest BCUT2D eigenvalue weighted by Gasteiger charge is -2.38. The van der Waals surface area contributed by atoms with Crippen LogP contribution in [-0.2, 0) is 9.53 Å². The first-order valence-corrected chi connectivity index (χ1v) is 10.1. The van der Waals surface area contributed by atoms with Gasteiger partial charge in [0.15, 0.2) is 11.5 Å². The van der Waals surface area contributed by atoms with Crippen LogP contribution in [-0.4, -0.2) is 110 Å². The predicted molar refractivity (Wildman–Crippen MR) is 103 cm³/mol. The summed E-state index contributed by atoms with van der Waals surface area (Å²) in [7, 11) is 0. The maximum Gasteiger partial charge on any atom is 0.267 e. The molecule has 0 unspecified atom stereocenters. The number of β-amino-alcohol motifs (C(OH)–C–C–N with tert-alkyl or cyclic N) is 1. The molecule has 28 heavy (non-hydrogen) atoms. The minimum absolute atomic E-state index is 0.0250. The van der Waals surface area contributed by atoms with Crippen molar-refractivity contribution >= 4 is 5.91 Å². The van der Waals surface area contributed by atoms with Gasteiger partial charge in [0.05, 0.1) is 19.3 Å². The third kappa shape index (κ3) is 4.75. The number of carbonyl (C=O) groups excluding carboxylic acids is 1. The van der Waals surface area contributed by atoms with Crippen molar-refractivity contribution in [1.29, 1.82) is 0 Å². The summed E-state index contributed by atoms with van der Waals surface area (Å²) in [5, 5.41) is 10.4. The molecule has 0 radical (unpaired) electrons. The molecular weight excluding hydrogens is 362 g/mol. The van der Waals surface area contributed by atoms with Gasteiger partial charge in [-0.3, -0.25) is 14.6 Å². The first kappa shape index (κ1) is 19.4. The van der Waals surface area contributed by atoms with E-state index in [1.54, 1.807) is 0 Å². The van der Waals surface area contributed by atoms with Gasteiger partial charge < -0.3 is 24.2 Å². The molecule has 4 rings (SSSR count). The number of hydrogen-bond donors (Lipinski definition) is 1. The second-order valence-corrected chi connectivity index (χ2v) is 7.56. The van der Waals surface area contributed by atoms with Crippen molar-refractivity contribution in [2.45, 2.75) is 12.2 Å². The SMILES string of the molecule is O=C([C@@H]1COc2ccccc2O1)N1CCN(C[C@@H](O)CN2CCOCC2)CC1. The Balaban J connectivity index is 1.21. The van der Waals surface area contributed by atoms with E-state index in [4.69, 9.17) is 14.2 Å². The molecule has 1 N–H and O–H groups in total. The number of amides is 1. The van der Waals surface area contributed by atoms with Gasteiger partial charge in [-0.05, 0) is 12.1 Å². The highest BCUT2D eigenvalue weighted by molar-refractivity contribution is 5.82. The number of aliphatic hydroxyl groups excluding tert-OH is 1. The summed E-state index contributed by atoms with van der Waals surface area (Å²) in [5.74, 6) is 1.28. The minimum atomic E-state index is -0.589. The summed E-state index contributed by atoms with van der Waals surface area (Å²) in [5.41, 5.74) is 0. The van der Waals surface area contributed by atoms with E-state index in [9.17, 15) is 9.90 Å². The third-order valence-corrected chi connectivity index (χ3v) is 5.51. The van der Waals surface area contributed by atoms with E-state index >= 15 is 0 Å². The maximum absolute atomic E-state index is 12.8.